The summed E-state index contributed by atoms with van der Waals surface area (Å²) in [6, 6.07) is 6.97. The number of nitrogens with one attached hydrogen (secondary N) is 2. The van der Waals surface area contributed by atoms with Crippen molar-refractivity contribution in [2.24, 2.45) is 5.41 Å². The summed E-state index contributed by atoms with van der Waals surface area (Å²) in [5, 5.41) is 12.0. The molecule has 8 nitrogen and oxygen atoms in total. The molecule has 3 aromatic heterocycles. The topological polar surface area (TPSA) is 96.0 Å². The van der Waals surface area contributed by atoms with Gasteiger partial charge in [-0.05, 0) is 50.5 Å². The predicted octanol–water partition coefficient (Wildman–Crippen LogP) is 5.71. The van der Waals surface area contributed by atoms with Gasteiger partial charge in [0.15, 0.2) is 11.6 Å². The fourth-order valence-electron chi connectivity index (χ4n) is 5.49. The summed E-state index contributed by atoms with van der Waals surface area (Å²) in [5.41, 5.74) is 2.23. The van der Waals surface area contributed by atoms with Crippen LogP contribution in [-0.4, -0.2) is 45.7 Å². The minimum Gasteiger partial charge on any atom is -0.486 e. The fourth-order valence-corrected chi connectivity index (χ4v) is 6.16. The number of rotatable bonds is 5. The number of pyridine rings is 2. The Kier molecular flexibility index (Phi) is 6.36. The molecule has 6 rings (SSSR count). The maximum Gasteiger partial charge on any atom is 0.226 e. The standard InChI is InChI=1S/C27H25Cl2FN6O2/c1-15(23-19(28)13-31-14-20(23)29)38-17-2-3-22-18(11-17)24(35-34-22)16-10-21(30)25(33-12-16)36-8-5-27(6-9-36)4-7-32-26(27)37/h2-3,10-15H,4-9H2,1H3,(H,32,37)(H,34,35)/t15-/m1/s1. The quantitative estimate of drug-likeness (QED) is 0.328. The number of halogens is 3. The number of nitrogens with zero attached hydrogens (tertiary/aromatic N) is 4. The van der Waals surface area contributed by atoms with Crippen LogP contribution < -0.4 is 15.0 Å². The lowest BCUT2D eigenvalue weighted by atomic mass is 9.77. The monoisotopic (exact) mass is 554 g/mol. The average Bonchev–Trinajstić information content (AvgIpc) is 3.47. The Balaban J connectivity index is 1.23. The summed E-state index contributed by atoms with van der Waals surface area (Å²) in [5.74, 6) is 0.579. The molecule has 4 aromatic rings. The van der Waals surface area contributed by atoms with Crippen LogP contribution in [0.15, 0.2) is 42.9 Å². The van der Waals surface area contributed by atoms with Crippen LogP contribution in [0, 0.1) is 11.2 Å². The van der Waals surface area contributed by atoms with Crippen LogP contribution in [0.3, 0.4) is 0 Å². The number of carbonyl (C=O) groups excluding carboxylic acids is 1. The Bertz CT molecular complexity index is 1520. The molecule has 1 amide bonds. The van der Waals surface area contributed by atoms with Gasteiger partial charge in [-0.1, -0.05) is 23.2 Å². The summed E-state index contributed by atoms with van der Waals surface area (Å²) in [4.78, 5) is 22.6. The molecule has 2 aliphatic rings. The van der Waals surface area contributed by atoms with Crippen LogP contribution in [0.2, 0.25) is 10.0 Å². The summed E-state index contributed by atoms with van der Waals surface area (Å²) >= 11 is 12.6. The van der Waals surface area contributed by atoms with Gasteiger partial charge in [-0.2, -0.15) is 5.10 Å². The number of hydrogen-bond donors (Lipinski definition) is 2. The van der Waals surface area contributed by atoms with Crippen molar-refractivity contribution in [2.75, 3.05) is 24.5 Å². The number of H-pyrrole nitrogens is 1. The molecule has 2 aliphatic heterocycles. The van der Waals surface area contributed by atoms with Crippen LogP contribution in [0.1, 0.15) is 37.9 Å². The zero-order chi connectivity index (χ0) is 26.4. The summed E-state index contributed by atoms with van der Waals surface area (Å²) < 4.78 is 21.4. The highest BCUT2D eigenvalue weighted by molar-refractivity contribution is 6.35. The average molecular weight is 555 g/mol. The van der Waals surface area contributed by atoms with Gasteiger partial charge in [-0.15, -0.1) is 0 Å². The van der Waals surface area contributed by atoms with E-state index in [9.17, 15) is 4.79 Å². The van der Waals surface area contributed by atoms with E-state index < -0.39 is 11.9 Å². The number of amides is 1. The van der Waals surface area contributed by atoms with Crippen molar-refractivity contribution in [1.82, 2.24) is 25.5 Å². The van der Waals surface area contributed by atoms with Crippen LogP contribution in [-0.2, 0) is 4.79 Å². The Morgan fingerprint density at radius 2 is 1.87 bits per heavy atom. The van der Waals surface area contributed by atoms with Crippen molar-refractivity contribution in [2.45, 2.75) is 32.3 Å². The lowest BCUT2D eigenvalue weighted by Crippen LogP contribution is -2.44. The summed E-state index contributed by atoms with van der Waals surface area (Å²) in [7, 11) is 0. The predicted molar refractivity (Wildman–Crippen MR) is 144 cm³/mol. The zero-order valence-corrected chi connectivity index (χ0v) is 22.1. The van der Waals surface area contributed by atoms with E-state index in [-0.39, 0.29) is 11.3 Å². The number of aromatic amines is 1. The molecular weight excluding hydrogens is 530 g/mol. The molecule has 2 saturated heterocycles. The Hall–Kier alpha value is -3.43. The number of benzene rings is 1. The Morgan fingerprint density at radius 1 is 1.11 bits per heavy atom. The maximum atomic E-state index is 15.3. The van der Waals surface area contributed by atoms with E-state index >= 15 is 4.39 Å². The van der Waals surface area contributed by atoms with Gasteiger partial charge in [0.2, 0.25) is 5.91 Å². The van der Waals surface area contributed by atoms with Gasteiger partial charge in [0.25, 0.3) is 0 Å². The van der Waals surface area contributed by atoms with Gasteiger partial charge in [0, 0.05) is 54.7 Å². The summed E-state index contributed by atoms with van der Waals surface area (Å²) in [6.45, 7) is 3.75. The van der Waals surface area contributed by atoms with Crippen LogP contribution in [0.4, 0.5) is 10.2 Å². The lowest BCUT2D eigenvalue weighted by molar-refractivity contribution is -0.128. The molecule has 0 unspecified atom stereocenters. The van der Waals surface area contributed by atoms with E-state index in [0.717, 1.165) is 17.3 Å². The fraction of sp³-hybridized carbons (Fsp3) is 0.333. The maximum absolute atomic E-state index is 15.3. The second kappa shape index (κ2) is 9.71. The molecule has 2 N–H and O–H groups in total. The minimum absolute atomic E-state index is 0.121. The number of aromatic nitrogens is 4. The normalized spacial score (nSPS) is 17.7. The van der Waals surface area contributed by atoms with Crippen LogP contribution >= 0.6 is 23.2 Å². The number of hydrogen-bond acceptors (Lipinski definition) is 6. The molecule has 0 bridgehead atoms. The van der Waals surface area contributed by atoms with Crippen molar-refractivity contribution in [1.29, 1.82) is 0 Å². The van der Waals surface area contributed by atoms with Crippen molar-refractivity contribution < 1.29 is 13.9 Å². The lowest BCUT2D eigenvalue weighted by Gasteiger charge is -2.38. The third-order valence-electron chi connectivity index (χ3n) is 7.63. The van der Waals surface area contributed by atoms with E-state index in [1.807, 2.05) is 30.0 Å². The first-order valence-electron chi connectivity index (χ1n) is 12.5. The SMILES string of the molecule is C[C@@H](Oc1ccc2[nH]nc(-c3cnc(N4CCC5(CCNC5=O)CC4)c(F)c3)c2c1)c1c(Cl)cncc1Cl. The van der Waals surface area contributed by atoms with Crippen LogP contribution in [0.5, 0.6) is 5.75 Å². The van der Waals surface area contributed by atoms with Crippen LogP contribution in [0.25, 0.3) is 22.2 Å². The van der Waals surface area contributed by atoms with E-state index in [1.165, 1.54) is 18.5 Å². The molecule has 196 valence electrons. The first-order chi connectivity index (χ1) is 18.3. The zero-order valence-electron chi connectivity index (χ0n) is 20.6. The smallest absolute Gasteiger partial charge is 0.226 e. The van der Waals surface area contributed by atoms with E-state index in [1.54, 1.807) is 6.20 Å². The molecule has 0 radical (unpaired) electrons. The number of ether oxygens (including phenoxy) is 1. The second-order valence-corrected chi connectivity index (χ2v) is 10.7. The molecule has 2 fully saturated rings. The third-order valence-corrected chi connectivity index (χ3v) is 8.23. The Morgan fingerprint density at radius 3 is 2.55 bits per heavy atom. The van der Waals surface area contributed by atoms with E-state index in [2.05, 4.69) is 25.5 Å². The van der Waals surface area contributed by atoms with Crippen molar-refractivity contribution in [3.8, 4) is 17.0 Å². The van der Waals surface area contributed by atoms with E-state index in [4.69, 9.17) is 27.9 Å². The molecule has 0 saturated carbocycles. The number of piperidine rings is 1. The molecule has 11 heteroatoms. The highest BCUT2D eigenvalue weighted by Crippen LogP contribution is 2.40. The number of anilines is 1. The van der Waals surface area contributed by atoms with Gasteiger partial charge < -0.3 is 15.0 Å². The second-order valence-electron chi connectivity index (χ2n) is 9.86. The van der Waals surface area contributed by atoms with Crippen molar-refractivity contribution >= 4 is 45.8 Å². The molecule has 38 heavy (non-hydrogen) atoms. The summed E-state index contributed by atoms with van der Waals surface area (Å²) in [6.07, 6.45) is 6.49. The molecular formula is C27H25Cl2FN6O2. The van der Waals surface area contributed by atoms with Gasteiger partial charge in [-0.25, -0.2) is 9.37 Å². The van der Waals surface area contributed by atoms with Gasteiger partial charge in [-0.3, -0.25) is 14.9 Å². The third kappa shape index (κ3) is 4.33. The Labute approximate surface area is 228 Å². The molecule has 5 heterocycles. The highest BCUT2D eigenvalue weighted by Gasteiger charge is 2.44. The molecule has 1 spiro atoms. The van der Waals surface area contributed by atoms with Crippen molar-refractivity contribution in [3.63, 3.8) is 0 Å². The van der Waals surface area contributed by atoms with Gasteiger partial charge in [0.05, 0.1) is 21.0 Å². The van der Waals surface area contributed by atoms with E-state index in [0.29, 0.717) is 70.9 Å². The number of carbonyl (C=O) groups is 1. The van der Waals surface area contributed by atoms with Gasteiger partial charge >= 0.3 is 0 Å². The highest BCUT2D eigenvalue weighted by atomic mass is 35.5. The van der Waals surface area contributed by atoms with Crippen molar-refractivity contribution in [3.05, 3.63) is 64.3 Å². The minimum atomic E-state index is -0.428. The first-order valence-corrected chi connectivity index (χ1v) is 13.2. The van der Waals surface area contributed by atoms with Gasteiger partial charge in [0.1, 0.15) is 17.5 Å². The molecule has 0 aliphatic carbocycles. The largest absolute Gasteiger partial charge is 0.486 e. The number of fused-ring (bicyclic) bond motifs is 1. The first kappa shape index (κ1) is 24.9. The molecule has 1 aromatic carbocycles. The molecule has 1 atom stereocenters.